The first-order valence-corrected chi connectivity index (χ1v) is 7.92. The molecule has 3 aromatic rings. The number of hydrogen-bond donors (Lipinski definition) is 1. The molecule has 130 valence electrons. The summed E-state index contributed by atoms with van der Waals surface area (Å²) in [6.45, 7) is 3.47. The van der Waals surface area contributed by atoms with Crippen LogP contribution in [0.1, 0.15) is 22.5 Å². The van der Waals surface area contributed by atoms with E-state index in [1.54, 1.807) is 6.20 Å². The first-order chi connectivity index (χ1) is 12.0. The molecule has 0 spiro atoms. The van der Waals surface area contributed by atoms with Crippen molar-refractivity contribution in [1.29, 1.82) is 0 Å². The van der Waals surface area contributed by atoms with Crippen LogP contribution in [-0.2, 0) is 19.6 Å². The molecule has 0 saturated carbocycles. The van der Waals surface area contributed by atoms with Gasteiger partial charge in [-0.1, -0.05) is 24.3 Å². The van der Waals surface area contributed by atoms with Crippen molar-refractivity contribution in [3.05, 3.63) is 88.8 Å². The van der Waals surface area contributed by atoms with Gasteiger partial charge < -0.3 is 9.88 Å². The van der Waals surface area contributed by atoms with Crippen molar-refractivity contribution >= 4 is 0 Å². The third-order valence-corrected chi connectivity index (χ3v) is 3.97. The second-order valence-electron chi connectivity index (χ2n) is 5.90. The van der Waals surface area contributed by atoms with Gasteiger partial charge >= 0.3 is 0 Å². The molecule has 1 aromatic heterocycles. The minimum absolute atomic E-state index is 0.249. The Bertz CT molecular complexity index is 851. The van der Waals surface area contributed by atoms with Crippen LogP contribution < -0.4 is 5.32 Å². The lowest BCUT2D eigenvalue weighted by molar-refractivity contribution is 0.444. The summed E-state index contributed by atoms with van der Waals surface area (Å²) in [5.41, 5.74) is 2.55. The molecule has 6 heteroatoms. The Labute approximate surface area is 144 Å². The fraction of sp³-hybridized carbons (Fsp3) is 0.211. The number of imidazole rings is 1. The first-order valence-electron chi connectivity index (χ1n) is 7.92. The molecule has 0 bridgehead atoms. The fourth-order valence-electron chi connectivity index (χ4n) is 2.67. The minimum Gasteiger partial charge on any atom is -0.331 e. The number of nitrogens with zero attached hydrogens (tertiary/aromatic N) is 2. The van der Waals surface area contributed by atoms with Crippen LogP contribution in [0.3, 0.4) is 0 Å². The molecule has 0 atom stereocenters. The maximum absolute atomic E-state index is 13.2. The van der Waals surface area contributed by atoms with Crippen molar-refractivity contribution in [2.24, 2.45) is 0 Å². The molecule has 0 aliphatic rings. The average Bonchev–Trinajstić information content (AvgIpc) is 2.98. The number of halogens is 3. The number of aryl methyl sites for hydroxylation is 1. The largest absolute Gasteiger partial charge is 0.331 e. The van der Waals surface area contributed by atoms with Crippen molar-refractivity contribution in [2.75, 3.05) is 0 Å². The lowest BCUT2D eigenvalue weighted by Gasteiger charge is -2.09. The molecule has 0 aliphatic heterocycles. The molecule has 3 nitrogen and oxygen atoms in total. The number of benzene rings is 2. The highest BCUT2D eigenvalue weighted by Gasteiger charge is 2.10. The molecule has 25 heavy (non-hydrogen) atoms. The summed E-state index contributed by atoms with van der Waals surface area (Å²) in [4.78, 5) is 4.20. The van der Waals surface area contributed by atoms with E-state index in [0.717, 1.165) is 35.6 Å². The zero-order valence-electron chi connectivity index (χ0n) is 13.8. The number of rotatable bonds is 6. The van der Waals surface area contributed by atoms with E-state index in [1.165, 1.54) is 0 Å². The van der Waals surface area contributed by atoms with E-state index >= 15 is 0 Å². The first kappa shape index (κ1) is 17.2. The van der Waals surface area contributed by atoms with Crippen LogP contribution in [0.5, 0.6) is 0 Å². The molecule has 0 radical (unpaired) electrons. The van der Waals surface area contributed by atoms with E-state index in [0.29, 0.717) is 12.1 Å². The van der Waals surface area contributed by atoms with E-state index in [2.05, 4.69) is 20.9 Å². The Morgan fingerprint density at radius 1 is 0.960 bits per heavy atom. The van der Waals surface area contributed by atoms with E-state index in [4.69, 9.17) is 0 Å². The maximum atomic E-state index is 13.2. The second kappa shape index (κ2) is 7.53. The molecule has 3 rings (SSSR count). The number of nitrogens with one attached hydrogen (secondary N) is 1. The lowest BCUT2D eigenvalue weighted by Crippen LogP contribution is -2.13. The summed E-state index contributed by atoms with van der Waals surface area (Å²) in [6, 6.07) is 10.1. The van der Waals surface area contributed by atoms with E-state index in [-0.39, 0.29) is 6.54 Å². The zero-order chi connectivity index (χ0) is 17.8. The molecule has 0 aliphatic carbocycles. The summed E-state index contributed by atoms with van der Waals surface area (Å²) in [6.07, 6.45) is 3.69. The van der Waals surface area contributed by atoms with Crippen molar-refractivity contribution in [2.45, 2.75) is 26.6 Å². The van der Waals surface area contributed by atoms with Gasteiger partial charge in [0.1, 0.15) is 5.82 Å². The van der Waals surface area contributed by atoms with Gasteiger partial charge in [0.05, 0.1) is 0 Å². The van der Waals surface area contributed by atoms with Crippen LogP contribution in [0.4, 0.5) is 13.2 Å². The highest BCUT2D eigenvalue weighted by molar-refractivity contribution is 5.24. The Hall–Kier alpha value is -2.60. The number of aromatic nitrogens is 2. The molecule has 1 heterocycles. The van der Waals surface area contributed by atoms with Crippen LogP contribution in [0.25, 0.3) is 0 Å². The predicted molar refractivity (Wildman–Crippen MR) is 89.4 cm³/mol. The number of hydrogen-bond acceptors (Lipinski definition) is 2. The van der Waals surface area contributed by atoms with Gasteiger partial charge in [0, 0.05) is 32.0 Å². The second-order valence-corrected chi connectivity index (χ2v) is 5.90. The highest BCUT2D eigenvalue weighted by Crippen LogP contribution is 2.14. The van der Waals surface area contributed by atoms with E-state index in [9.17, 15) is 13.2 Å². The molecule has 0 saturated heterocycles. The molecule has 2 aromatic carbocycles. The van der Waals surface area contributed by atoms with Gasteiger partial charge in [0.25, 0.3) is 0 Å². The molecular weight excluding hydrogens is 327 g/mol. The van der Waals surface area contributed by atoms with Crippen LogP contribution in [-0.4, -0.2) is 9.55 Å². The van der Waals surface area contributed by atoms with Crippen molar-refractivity contribution in [1.82, 2.24) is 14.9 Å². The van der Waals surface area contributed by atoms with E-state index in [1.807, 2.05) is 31.3 Å². The molecule has 0 fully saturated rings. The molecular formula is C19H18F3N3. The lowest BCUT2D eigenvalue weighted by atomic mass is 10.1. The van der Waals surface area contributed by atoms with Crippen molar-refractivity contribution in [3.63, 3.8) is 0 Å². The van der Waals surface area contributed by atoms with Crippen LogP contribution >= 0.6 is 0 Å². The van der Waals surface area contributed by atoms with Crippen LogP contribution in [0.2, 0.25) is 0 Å². The summed E-state index contributed by atoms with van der Waals surface area (Å²) < 4.78 is 41.4. The smallest absolute Gasteiger partial charge is 0.194 e. The zero-order valence-corrected chi connectivity index (χ0v) is 13.8. The maximum Gasteiger partial charge on any atom is 0.194 e. The normalized spacial score (nSPS) is 11.0. The molecule has 0 amide bonds. The third-order valence-electron chi connectivity index (χ3n) is 3.97. The average molecular weight is 345 g/mol. The Morgan fingerprint density at radius 3 is 2.32 bits per heavy atom. The Morgan fingerprint density at radius 2 is 1.64 bits per heavy atom. The quantitative estimate of drug-likeness (QED) is 0.686. The topological polar surface area (TPSA) is 29.9 Å². The minimum atomic E-state index is -1.44. The fourth-order valence-corrected chi connectivity index (χ4v) is 2.67. The molecule has 1 N–H and O–H groups in total. The molecule has 0 unspecified atom stereocenters. The van der Waals surface area contributed by atoms with Gasteiger partial charge in [0.15, 0.2) is 17.5 Å². The SMILES string of the molecule is Cc1nccn1Cc1cccc(CNCc2cc(F)c(F)c(F)c2)c1. The summed E-state index contributed by atoms with van der Waals surface area (Å²) in [5, 5.41) is 3.11. The Balaban J connectivity index is 1.60. The summed E-state index contributed by atoms with van der Waals surface area (Å²) in [7, 11) is 0. The van der Waals surface area contributed by atoms with Gasteiger partial charge in [-0.05, 0) is 35.7 Å². The third kappa shape index (κ3) is 4.28. The standard InChI is InChI=1S/C19H18F3N3/c1-13-24-5-6-25(13)12-15-4-2-3-14(7-15)10-23-11-16-8-17(20)19(22)18(21)9-16/h2-9,23H,10-12H2,1H3. The summed E-state index contributed by atoms with van der Waals surface area (Å²) in [5.74, 6) is -2.83. The monoisotopic (exact) mass is 345 g/mol. The van der Waals surface area contributed by atoms with E-state index < -0.39 is 17.5 Å². The van der Waals surface area contributed by atoms with Gasteiger partial charge in [0.2, 0.25) is 0 Å². The Kier molecular flexibility index (Phi) is 5.19. The highest BCUT2D eigenvalue weighted by atomic mass is 19.2. The van der Waals surface area contributed by atoms with Gasteiger partial charge in [-0.15, -0.1) is 0 Å². The van der Waals surface area contributed by atoms with Crippen molar-refractivity contribution < 1.29 is 13.2 Å². The summed E-state index contributed by atoms with van der Waals surface area (Å²) >= 11 is 0. The predicted octanol–water partition coefficient (Wildman–Crippen LogP) is 3.95. The van der Waals surface area contributed by atoms with Crippen LogP contribution in [0.15, 0.2) is 48.8 Å². The van der Waals surface area contributed by atoms with Crippen molar-refractivity contribution in [3.8, 4) is 0 Å². The van der Waals surface area contributed by atoms with Gasteiger partial charge in [-0.3, -0.25) is 0 Å². The van der Waals surface area contributed by atoms with Gasteiger partial charge in [-0.2, -0.15) is 0 Å². The van der Waals surface area contributed by atoms with Gasteiger partial charge in [-0.25, -0.2) is 18.2 Å². The van der Waals surface area contributed by atoms with Crippen LogP contribution in [0, 0.1) is 24.4 Å².